The molecule has 1 saturated heterocycles. The van der Waals surface area contributed by atoms with Crippen molar-refractivity contribution in [2.24, 2.45) is 7.05 Å². The fraction of sp³-hybridized carbons (Fsp3) is 0.533. The van der Waals surface area contributed by atoms with Crippen LogP contribution >= 0.6 is 11.3 Å². The molecule has 116 valence electrons. The van der Waals surface area contributed by atoms with Crippen molar-refractivity contribution in [2.75, 3.05) is 18.0 Å². The highest BCUT2D eigenvalue weighted by Crippen LogP contribution is 2.34. The fourth-order valence-electron chi connectivity index (χ4n) is 3.34. The highest BCUT2D eigenvalue weighted by atomic mass is 32.1. The average molecular weight is 316 g/mol. The second-order valence-corrected chi connectivity index (χ2v) is 7.10. The number of rotatable bonds is 2. The Morgan fingerprint density at radius 3 is 2.73 bits per heavy atom. The summed E-state index contributed by atoms with van der Waals surface area (Å²) in [5, 5.41) is 10.2. The third kappa shape index (κ3) is 2.03. The van der Waals surface area contributed by atoms with Gasteiger partial charge in [-0.05, 0) is 33.3 Å². The molecule has 3 aromatic rings. The molecule has 0 aliphatic carbocycles. The van der Waals surface area contributed by atoms with Crippen LogP contribution in [0.1, 0.15) is 29.5 Å². The molecule has 7 heteroatoms. The highest BCUT2D eigenvalue weighted by molar-refractivity contribution is 7.22. The van der Waals surface area contributed by atoms with E-state index in [0.717, 1.165) is 41.7 Å². The van der Waals surface area contributed by atoms with E-state index in [-0.39, 0.29) is 0 Å². The Bertz CT molecular complexity index is 807. The summed E-state index contributed by atoms with van der Waals surface area (Å²) in [6, 6.07) is 2.59. The van der Waals surface area contributed by atoms with E-state index < -0.39 is 0 Å². The SMILES string of the molecule is Cc1cc(C)n(C2CCN(c3nc4c(s3)c(C)nn4C)C2)n1. The maximum atomic E-state index is 4.79. The van der Waals surface area contributed by atoms with Crippen LogP contribution in [-0.4, -0.2) is 37.6 Å². The van der Waals surface area contributed by atoms with Gasteiger partial charge in [0.25, 0.3) is 0 Å². The first kappa shape index (κ1) is 13.8. The van der Waals surface area contributed by atoms with Crippen LogP contribution in [0.5, 0.6) is 0 Å². The molecule has 0 amide bonds. The van der Waals surface area contributed by atoms with E-state index in [0.29, 0.717) is 6.04 Å². The van der Waals surface area contributed by atoms with Gasteiger partial charge in [0, 0.05) is 25.8 Å². The van der Waals surface area contributed by atoms with E-state index in [9.17, 15) is 0 Å². The molecule has 22 heavy (non-hydrogen) atoms. The van der Waals surface area contributed by atoms with Gasteiger partial charge >= 0.3 is 0 Å². The normalized spacial score (nSPS) is 18.7. The number of nitrogens with zero attached hydrogens (tertiary/aromatic N) is 6. The van der Waals surface area contributed by atoms with Crippen molar-refractivity contribution >= 4 is 26.8 Å². The molecule has 1 aliphatic rings. The summed E-state index contributed by atoms with van der Waals surface area (Å²) in [6.45, 7) is 8.26. The van der Waals surface area contributed by atoms with Gasteiger partial charge in [0.05, 0.1) is 22.1 Å². The molecule has 0 spiro atoms. The first-order valence-electron chi connectivity index (χ1n) is 7.61. The summed E-state index contributed by atoms with van der Waals surface area (Å²) in [5.74, 6) is 0. The molecule has 6 nitrogen and oxygen atoms in total. The van der Waals surface area contributed by atoms with Gasteiger partial charge in [-0.25, -0.2) is 9.67 Å². The van der Waals surface area contributed by atoms with Gasteiger partial charge in [-0.2, -0.15) is 10.2 Å². The molecular formula is C15H20N6S. The summed E-state index contributed by atoms with van der Waals surface area (Å²) in [6.07, 6.45) is 1.12. The fourth-order valence-corrected chi connectivity index (χ4v) is 4.41. The monoisotopic (exact) mass is 316 g/mol. The van der Waals surface area contributed by atoms with Crippen molar-refractivity contribution in [1.82, 2.24) is 24.5 Å². The summed E-state index contributed by atoms with van der Waals surface area (Å²) < 4.78 is 5.25. The van der Waals surface area contributed by atoms with Gasteiger partial charge in [0.15, 0.2) is 10.8 Å². The Hall–Kier alpha value is -1.89. The number of fused-ring (bicyclic) bond motifs is 1. The van der Waals surface area contributed by atoms with E-state index in [2.05, 4.69) is 39.7 Å². The molecule has 0 saturated carbocycles. The van der Waals surface area contributed by atoms with Gasteiger partial charge in [-0.15, -0.1) is 0 Å². The van der Waals surface area contributed by atoms with Crippen LogP contribution in [0.3, 0.4) is 0 Å². The summed E-state index contributed by atoms with van der Waals surface area (Å²) in [4.78, 5) is 7.17. The van der Waals surface area contributed by atoms with Crippen molar-refractivity contribution in [3.8, 4) is 0 Å². The molecule has 0 bridgehead atoms. The Labute approximate surface area is 133 Å². The zero-order valence-electron chi connectivity index (χ0n) is 13.4. The maximum Gasteiger partial charge on any atom is 0.188 e. The summed E-state index contributed by atoms with van der Waals surface area (Å²) in [5.41, 5.74) is 4.40. The minimum absolute atomic E-state index is 0.444. The van der Waals surface area contributed by atoms with E-state index in [4.69, 9.17) is 4.98 Å². The number of hydrogen-bond donors (Lipinski definition) is 0. The second kappa shape index (κ2) is 4.81. The zero-order valence-corrected chi connectivity index (χ0v) is 14.2. The number of hydrogen-bond acceptors (Lipinski definition) is 5. The van der Waals surface area contributed by atoms with E-state index in [1.54, 1.807) is 11.3 Å². The summed E-state index contributed by atoms with van der Waals surface area (Å²) >= 11 is 1.75. The number of aryl methyl sites for hydroxylation is 4. The van der Waals surface area contributed by atoms with Crippen molar-refractivity contribution in [3.05, 3.63) is 23.1 Å². The lowest BCUT2D eigenvalue weighted by atomic mass is 10.2. The molecule has 0 aromatic carbocycles. The van der Waals surface area contributed by atoms with E-state index >= 15 is 0 Å². The maximum absolute atomic E-state index is 4.79. The van der Waals surface area contributed by atoms with Crippen LogP contribution < -0.4 is 4.90 Å². The topological polar surface area (TPSA) is 51.8 Å². The van der Waals surface area contributed by atoms with Crippen molar-refractivity contribution in [1.29, 1.82) is 0 Å². The van der Waals surface area contributed by atoms with Gasteiger partial charge in [0.2, 0.25) is 0 Å². The molecule has 3 aromatic heterocycles. The minimum Gasteiger partial charge on any atom is -0.346 e. The minimum atomic E-state index is 0.444. The molecule has 4 heterocycles. The predicted octanol–water partition coefficient (Wildman–Crippen LogP) is 2.60. The molecule has 0 N–H and O–H groups in total. The lowest BCUT2D eigenvalue weighted by Gasteiger charge is -2.16. The zero-order chi connectivity index (χ0) is 15.4. The number of thiazole rings is 1. The van der Waals surface area contributed by atoms with Crippen LogP contribution in [0, 0.1) is 20.8 Å². The highest BCUT2D eigenvalue weighted by Gasteiger charge is 2.28. The van der Waals surface area contributed by atoms with Crippen molar-refractivity contribution in [3.63, 3.8) is 0 Å². The Morgan fingerprint density at radius 2 is 2.05 bits per heavy atom. The van der Waals surface area contributed by atoms with Crippen LogP contribution in [-0.2, 0) is 7.05 Å². The number of anilines is 1. The smallest absolute Gasteiger partial charge is 0.188 e. The molecule has 1 unspecified atom stereocenters. The average Bonchev–Trinajstić information content (AvgIpc) is 3.17. The molecule has 1 aliphatic heterocycles. The van der Waals surface area contributed by atoms with E-state index in [1.807, 2.05) is 18.7 Å². The van der Waals surface area contributed by atoms with Crippen LogP contribution in [0.15, 0.2) is 6.07 Å². The quantitative estimate of drug-likeness (QED) is 0.729. The molecule has 1 fully saturated rings. The molecule has 1 atom stereocenters. The second-order valence-electron chi connectivity index (χ2n) is 6.12. The molecule has 0 radical (unpaired) electrons. The van der Waals surface area contributed by atoms with Gasteiger partial charge in [-0.1, -0.05) is 11.3 Å². The summed E-state index contributed by atoms with van der Waals surface area (Å²) in [7, 11) is 1.96. The molecular weight excluding hydrogens is 296 g/mol. The molecule has 4 rings (SSSR count). The van der Waals surface area contributed by atoms with Gasteiger partial charge in [0.1, 0.15) is 0 Å². The largest absolute Gasteiger partial charge is 0.346 e. The third-order valence-corrected chi connectivity index (χ3v) is 5.57. The van der Waals surface area contributed by atoms with Crippen molar-refractivity contribution in [2.45, 2.75) is 33.2 Å². The Balaban J connectivity index is 1.61. The lowest BCUT2D eigenvalue weighted by molar-refractivity contribution is 0.481. The predicted molar refractivity (Wildman–Crippen MR) is 88.7 cm³/mol. The van der Waals surface area contributed by atoms with Crippen LogP contribution in [0.2, 0.25) is 0 Å². The van der Waals surface area contributed by atoms with Gasteiger partial charge < -0.3 is 4.90 Å². The Kier molecular flexibility index (Phi) is 3.00. The first-order chi connectivity index (χ1) is 10.5. The van der Waals surface area contributed by atoms with Crippen LogP contribution in [0.4, 0.5) is 5.13 Å². The Morgan fingerprint density at radius 1 is 1.23 bits per heavy atom. The van der Waals surface area contributed by atoms with E-state index in [1.165, 1.54) is 10.4 Å². The first-order valence-corrected chi connectivity index (χ1v) is 8.42. The van der Waals surface area contributed by atoms with Crippen molar-refractivity contribution < 1.29 is 0 Å². The van der Waals surface area contributed by atoms with Gasteiger partial charge in [-0.3, -0.25) is 4.68 Å². The number of aromatic nitrogens is 5. The standard InChI is InChI=1S/C15H20N6S/c1-9-7-10(2)21(17-9)12-5-6-20(8-12)15-16-14-13(22-15)11(3)18-19(14)4/h7,12H,5-6,8H2,1-4H3. The third-order valence-electron chi connectivity index (χ3n) is 4.36. The lowest BCUT2D eigenvalue weighted by Crippen LogP contribution is -2.21. The van der Waals surface area contributed by atoms with Crippen LogP contribution in [0.25, 0.3) is 10.3 Å².